The van der Waals surface area contributed by atoms with Crippen molar-refractivity contribution >= 4 is 0 Å². The van der Waals surface area contributed by atoms with Gasteiger partial charge < -0.3 is 4.90 Å². The molecule has 106 valence electrons. The van der Waals surface area contributed by atoms with Gasteiger partial charge in [-0.05, 0) is 50.8 Å². The van der Waals surface area contributed by atoms with Gasteiger partial charge >= 0.3 is 0 Å². The second kappa shape index (κ2) is 7.14. The number of rotatable bonds is 3. The van der Waals surface area contributed by atoms with Crippen LogP contribution in [0.2, 0.25) is 0 Å². The molecule has 20 heavy (non-hydrogen) atoms. The number of hydrogen-bond acceptors (Lipinski definition) is 1. The van der Waals surface area contributed by atoms with Gasteiger partial charge in [-0.15, -0.1) is 0 Å². The normalized spacial score (nSPS) is 19.0. The molecule has 0 aliphatic carbocycles. The van der Waals surface area contributed by atoms with Gasteiger partial charge in [0.05, 0.1) is 0 Å². The van der Waals surface area contributed by atoms with Crippen LogP contribution in [0.3, 0.4) is 0 Å². The van der Waals surface area contributed by atoms with Gasteiger partial charge in [-0.25, -0.2) is 0 Å². The van der Waals surface area contributed by atoms with Crippen molar-refractivity contribution in [3.63, 3.8) is 0 Å². The van der Waals surface area contributed by atoms with E-state index < -0.39 is 0 Å². The molecule has 1 heteroatoms. The summed E-state index contributed by atoms with van der Waals surface area (Å²) in [6.07, 6.45) is 13.1. The Hall–Kier alpha value is -1.76. The third kappa shape index (κ3) is 3.63. The number of hydrogen-bond donors (Lipinski definition) is 0. The molecule has 0 radical (unpaired) electrons. The van der Waals surface area contributed by atoms with Crippen LogP contribution in [0.1, 0.15) is 38.3 Å². The quantitative estimate of drug-likeness (QED) is 0.707. The second-order valence-corrected chi connectivity index (χ2v) is 5.54. The first-order valence-electron chi connectivity index (χ1n) is 7.55. The van der Waals surface area contributed by atoms with Crippen molar-refractivity contribution in [2.45, 2.75) is 46.2 Å². The predicted octanol–water partition coefficient (Wildman–Crippen LogP) is 4.86. The van der Waals surface area contributed by atoms with E-state index in [1.807, 2.05) is 6.92 Å². The summed E-state index contributed by atoms with van der Waals surface area (Å²) >= 11 is 0. The number of aryl methyl sites for hydroxylation is 1. The smallest absolute Gasteiger partial charge is 0.0434 e. The van der Waals surface area contributed by atoms with E-state index in [1.165, 1.54) is 16.8 Å². The Labute approximate surface area is 123 Å². The number of benzene rings is 1. The zero-order valence-electron chi connectivity index (χ0n) is 12.8. The first-order valence-corrected chi connectivity index (χ1v) is 7.55. The zero-order valence-corrected chi connectivity index (χ0v) is 12.8. The summed E-state index contributed by atoms with van der Waals surface area (Å²) in [5.74, 6) is 0. The average molecular weight is 267 g/mol. The monoisotopic (exact) mass is 267 g/mol. The van der Waals surface area contributed by atoms with E-state index in [2.05, 4.69) is 73.4 Å². The van der Waals surface area contributed by atoms with Crippen LogP contribution in [0.25, 0.3) is 0 Å². The first-order chi connectivity index (χ1) is 9.72. The van der Waals surface area contributed by atoms with Gasteiger partial charge in [0.2, 0.25) is 0 Å². The highest BCUT2D eigenvalue weighted by molar-refractivity contribution is 5.32. The molecule has 1 nitrogen and oxygen atoms in total. The second-order valence-electron chi connectivity index (χ2n) is 5.54. The fourth-order valence-corrected chi connectivity index (χ4v) is 2.63. The molecule has 0 amide bonds. The molecule has 0 unspecified atom stereocenters. The number of nitrogens with zero attached hydrogens (tertiary/aromatic N) is 1. The zero-order chi connectivity index (χ0) is 14.4. The van der Waals surface area contributed by atoms with Crippen molar-refractivity contribution in [2.75, 3.05) is 0 Å². The fourth-order valence-electron chi connectivity index (χ4n) is 2.63. The Morgan fingerprint density at radius 2 is 1.85 bits per heavy atom. The average Bonchev–Trinajstić information content (AvgIpc) is 2.42. The van der Waals surface area contributed by atoms with Gasteiger partial charge in [-0.2, -0.15) is 0 Å². The van der Waals surface area contributed by atoms with E-state index >= 15 is 0 Å². The van der Waals surface area contributed by atoms with Crippen molar-refractivity contribution in [2.24, 2.45) is 0 Å². The van der Waals surface area contributed by atoms with Crippen LogP contribution >= 0.6 is 0 Å². The first kappa shape index (κ1) is 14.6. The Morgan fingerprint density at radius 3 is 2.55 bits per heavy atom. The van der Waals surface area contributed by atoms with Crippen LogP contribution in [0.15, 0.2) is 60.3 Å². The Kier molecular flexibility index (Phi) is 5.23. The SMILES string of the molecule is C\C=C/C=C\C1=C\CCc2ccccc2CN1C(C)C. The molecule has 1 aromatic carbocycles. The van der Waals surface area contributed by atoms with Crippen molar-refractivity contribution in [3.05, 3.63) is 71.5 Å². The molecule has 1 aromatic rings. The Morgan fingerprint density at radius 1 is 1.10 bits per heavy atom. The topological polar surface area (TPSA) is 3.24 Å². The van der Waals surface area contributed by atoms with Gasteiger partial charge in [0.1, 0.15) is 0 Å². The third-order valence-corrected chi connectivity index (χ3v) is 3.75. The summed E-state index contributed by atoms with van der Waals surface area (Å²) in [6.45, 7) is 7.58. The van der Waals surface area contributed by atoms with Crippen LogP contribution in [-0.2, 0) is 13.0 Å². The molecule has 1 heterocycles. The van der Waals surface area contributed by atoms with Crippen LogP contribution in [0.4, 0.5) is 0 Å². The molecular weight excluding hydrogens is 242 g/mol. The summed E-state index contributed by atoms with van der Waals surface area (Å²) in [5, 5.41) is 0. The molecule has 0 spiro atoms. The standard InChI is InChI=1S/C19H25N/c1-4-5-6-13-19-14-9-12-17-10-7-8-11-18(17)15-20(19)16(2)3/h4-8,10-11,13-14,16H,9,12,15H2,1-3H3/b5-4-,13-6-,19-14-. The summed E-state index contributed by atoms with van der Waals surface area (Å²) in [5.41, 5.74) is 4.30. The largest absolute Gasteiger partial charge is 0.365 e. The molecule has 2 rings (SSSR count). The third-order valence-electron chi connectivity index (χ3n) is 3.75. The lowest BCUT2D eigenvalue weighted by Crippen LogP contribution is -2.30. The van der Waals surface area contributed by atoms with Crippen LogP contribution in [0, 0.1) is 0 Å². The lowest BCUT2D eigenvalue weighted by atomic mass is 9.99. The van der Waals surface area contributed by atoms with E-state index in [-0.39, 0.29) is 0 Å². The summed E-state index contributed by atoms with van der Waals surface area (Å²) in [7, 11) is 0. The van der Waals surface area contributed by atoms with Gasteiger partial charge in [-0.1, -0.05) is 48.6 Å². The molecule has 0 aromatic heterocycles. The molecule has 0 bridgehead atoms. The molecule has 0 saturated carbocycles. The molecule has 0 atom stereocenters. The predicted molar refractivity (Wildman–Crippen MR) is 87.5 cm³/mol. The van der Waals surface area contributed by atoms with Crippen molar-refractivity contribution in [1.82, 2.24) is 4.90 Å². The van der Waals surface area contributed by atoms with Crippen LogP contribution in [0.5, 0.6) is 0 Å². The Balaban J connectivity index is 2.30. The van der Waals surface area contributed by atoms with Crippen LogP contribution in [-0.4, -0.2) is 10.9 Å². The molecule has 1 aliphatic rings. The highest BCUT2D eigenvalue weighted by Crippen LogP contribution is 2.23. The summed E-state index contributed by atoms with van der Waals surface area (Å²) < 4.78 is 0. The molecular formula is C19H25N. The molecule has 1 aliphatic heterocycles. The number of fused-ring (bicyclic) bond motifs is 1. The summed E-state index contributed by atoms with van der Waals surface area (Å²) in [4.78, 5) is 2.48. The molecule has 0 N–H and O–H groups in total. The minimum atomic E-state index is 0.502. The summed E-state index contributed by atoms with van der Waals surface area (Å²) in [6, 6.07) is 9.34. The van der Waals surface area contributed by atoms with E-state index in [4.69, 9.17) is 0 Å². The van der Waals surface area contributed by atoms with Crippen LogP contribution < -0.4 is 0 Å². The van der Waals surface area contributed by atoms with E-state index in [9.17, 15) is 0 Å². The van der Waals surface area contributed by atoms with Crippen molar-refractivity contribution in [3.8, 4) is 0 Å². The minimum Gasteiger partial charge on any atom is -0.365 e. The lowest BCUT2D eigenvalue weighted by Gasteiger charge is -2.32. The van der Waals surface area contributed by atoms with Gasteiger partial charge in [-0.3, -0.25) is 0 Å². The van der Waals surface area contributed by atoms with E-state index in [0.29, 0.717) is 6.04 Å². The fraction of sp³-hybridized carbons (Fsp3) is 0.368. The maximum Gasteiger partial charge on any atom is 0.0434 e. The van der Waals surface area contributed by atoms with E-state index in [0.717, 1.165) is 19.4 Å². The van der Waals surface area contributed by atoms with Crippen molar-refractivity contribution < 1.29 is 0 Å². The maximum absolute atomic E-state index is 2.48. The highest BCUT2D eigenvalue weighted by atomic mass is 15.2. The van der Waals surface area contributed by atoms with Crippen molar-refractivity contribution in [1.29, 1.82) is 0 Å². The molecule has 0 saturated heterocycles. The minimum absolute atomic E-state index is 0.502. The van der Waals surface area contributed by atoms with E-state index in [1.54, 1.807) is 0 Å². The number of allylic oxidation sites excluding steroid dienone is 5. The molecule has 0 fully saturated rings. The Bertz CT molecular complexity index is 520. The maximum atomic E-state index is 2.48. The highest BCUT2D eigenvalue weighted by Gasteiger charge is 2.15. The van der Waals surface area contributed by atoms with Gasteiger partial charge in [0.25, 0.3) is 0 Å². The van der Waals surface area contributed by atoms with Gasteiger partial charge in [0.15, 0.2) is 0 Å². The lowest BCUT2D eigenvalue weighted by molar-refractivity contribution is 0.281. The van der Waals surface area contributed by atoms with Gasteiger partial charge in [0, 0.05) is 18.3 Å².